The molecule has 4 N–H and O–H groups in total. The monoisotopic (exact) mass is 225 g/mol. The second kappa shape index (κ2) is 5.14. The fraction of sp³-hybridized carbons (Fsp3) is 0.400. The summed E-state index contributed by atoms with van der Waals surface area (Å²) < 4.78 is 0. The Balaban J connectivity index is 3.14. The topological polar surface area (TPSA) is 83.0 Å². The first-order valence-corrected chi connectivity index (χ1v) is 5.61. The van der Waals surface area contributed by atoms with E-state index in [2.05, 4.69) is 4.98 Å². The quantitative estimate of drug-likeness (QED) is 0.406. The van der Waals surface area contributed by atoms with Crippen LogP contribution in [0.1, 0.15) is 17.0 Å². The number of nitrogen functional groups attached to an aromatic ring is 1. The summed E-state index contributed by atoms with van der Waals surface area (Å²) in [6.07, 6.45) is 0. The van der Waals surface area contributed by atoms with E-state index in [0.717, 1.165) is 16.3 Å². The summed E-state index contributed by atoms with van der Waals surface area (Å²) in [6, 6.07) is 1.89. The van der Waals surface area contributed by atoms with Gasteiger partial charge in [-0.25, -0.2) is 0 Å². The summed E-state index contributed by atoms with van der Waals surface area (Å²) in [5.41, 5.74) is 7.85. The van der Waals surface area contributed by atoms with Crippen LogP contribution in [0, 0.1) is 19.3 Å². The minimum atomic E-state index is 0.0282. The second-order valence-corrected chi connectivity index (χ2v) is 4.34. The zero-order valence-electron chi connectivity index (χ0n) is 8.87. The van der Waals surface area contributed by atoms with E-state index < -0.39 is 0 Å². The number of rotatable bonds is 4. The molecule has 0 spiro atoms. The molecule has 0 aliphatic rings. The Labute approximate surface area is 93.4 Å². The Kier molecular flexibility index (Phi) is 4.11. The van der Waals surface area contributed by atoms with Crippen molar-refractivity contribution in [1.29, 1.82) is 5.41 Å². The van der Waals surface area contributed by atoms with E-state index in [1.807, 2.05) is 19.9 Å². The molecular formula is C10H15N3OS. The second-order valence-electron chi connectivity index (χ2n) is 3.21. The maximum atomic E-state index is 8.77. The molecule has 0 radical (unpaired) electrons. The van der Waals surface area contributed by atoms with Crippen molar-refractivity contribution in [3.63, 3.8) is 0 Å². The smallest absolute Gasteiger partial charge is 0.125 e. The van der Waals surface area contributed by atoms with Crippen LogP contribution in [0.15, 0.2) is 11.0 Å². The van der Waals surface area contributed by atoms with E-state index in [4.69, 9.17) is 16.2 Å². The van der Waals surface area contributed by atoms with Gasteiger partial charge in [0.15, 0.2) is 0 Å². The third-order valence-electron chi connectivity index (χ3n) is 1.91. The summed E-state index contributed by atoms with van der Waals surface area (Å²) in [5.74, 6) is 0.629. The molecule has 15 heavy (non-hydrogen) atoms. The van der Waals surface area contributed by atoms with Crippen molar-refractivity contribution in [3.8, 4) is 0 Å². The van der Waals surface area contributed by atoms with Gasteiger partial charge in [0.25, 0.3) is 0 Å². The van der Waals surface area contributed by atoms with E-state index in [-0.39, 0.29) is 12.4 Å². The molecule has 5 heteroatoms. The Hall–Kier alpha value is -1.07. The number of hydrogen-bond donors (Lipinski definition) is 3. The maximum absolute atomic E-state index is 8.77. The number of pyridine rings is 1. The van der Waals surface area contributed by atoms with Gasteiger partial charge in [-0.1, -0.05) is 0 Å². The van der Waals surface area contributed by atoms with Crippen LogP contribution in [0.2, 0.25) is 0 Å². The Morgan fingerprint density at radius 3 is 2.80 bits per heavy atom. The lowest BCUT2D eigenvalue weighted by Crippen LogP contribution is -2.15. The standard InChI is InChI=1S/C10H15N3OS/c1-6-5-8(15-4-3-14)9(10(11)12)7(2)13-6/h5,14H,3-4H2,1-2H3,(H3,11,12). The molecule has 82 valence electrons. The number of aliphatic hydroxyl groups excluding tert-OH is 1. The average molecular weight is 225 g/mol. The van der Waals surface area contributed by atoms with E-state index in [1.54, 1.807) is 0 Å². The molecule has 0 aliphatic carbocycles. The fourth-order valence-electron chi connectivity index (χ4n) is 1.39. The highest BCUT2D eigenvalue weighted by Gasteiger charge is 2.11. The maximum Gasteiger partial charge on any atom is 0.125 e. The first-order valence-electron chi connectivity index (χ1n) is 4.62. The van der Waals surface area contributed by atoms with Crippen LogP contribution < -0.4 is 5.73 Å². The first kappa shape index (κ1) is 12.0. The van der Waals surface area contributed by atoms with Gasteiger partial charge in [0.2, 0.25) is 0 Å². The van der Waals surface area contributed by atoms with Crippen LogP contribution in [0.5, 0.6) is 0 Å². The van der Waals surface area contributed by atoms with Crippen LogP contribution in [-0.2, 0) is 0 Å². The van der Waals surface area contributed by atoms with Gasteiger partial charge in [-0.3, -0.25) is 10.4 Å². The van der Waals surface area contributed by atoms with Gasteiger partial charge in [-0.15, -0.1) is 11.8 Å². The molecule has 0 aliphatic heterocycles. The highest BCUT2D eigenvalue weighted by Crippen LogP contribution is 2.24. The molecule has 0 atom stereocenters. The van der Waals surface area contributed by atoms with Gasteiger partial charge >= 0.3 is 0 Å². The summed E-state index contributed by atoms with van der Waals surface area (Å²) in [4.78, 5) is 5.18. The number of aliphatic hydroxyl groups is 1. The van der Waals surface area contributed by atoms with Crippen molar-refractivity contribution < 1.29 is 5.11 Å². The minimum Gasteiger partial charge on any atom is -0.396 e. The molecule has 0 saturated carbocycles. The molecule has 1 aromatic rings. The number of aryl methyl sites for hydroxylation is 2. The third kappa shape index (κ3) is 2.94. The molecule has 0 amide bonds. The van der Waals surface area contributed by atoms with E-state index >= 15 is 0 Å². The van der Waals surface area contributed by atoms with Crippen molar-refractivity contribution in [2.45, 2.75) is 18.7 Å². The van der Waals surface area contributed by atoms with E-state index in [1.165, 1.54) is 11.8 Å². The van der Waals surface area contributed by atoms with Gasteiger partial charge in [-0.05, 0) is 19.9 Å². The number of thioether (sulfide) groups is 1. The molecule has 0 fully saturated rings. The number of amidine groups is 1. The Bertz CT molecular complexity index is 379. The van der Waals surface area contributed by atoms with Crippen molar-refractivity contribution >= 4 is 17.6 Å². The molecule has 1 heterocycles. The number of aromatic nitrogens is 1. The summed E-state index contributed by atoms with van der Waals surface area (Å²) in [7, 11) is 0. The minimum absolute atomic E-state index is 0.0282. The van der Waals surface area contributed by atoms with E-state index in [0.29, 0.717) is 11.3 Å². The van der Waals surface area contributed by atoms with Crippen LogP contribution in [-0.4, -0.2) is 28.3 Å². The van der Waals surface area contributed by atoms with Gasteiger partial charge in [0.1, 0.15) is 5.84 Å². The fourth-order valence-corrected chi connectivity index (χ4v) is 2.36. The first-order chi connectivity index (χ1) is 7.06. The largest absolute Gasteiger partial charge is 0.396 e. The predicted molar refractivity (Wildman–Crippen MR) is 62.5 cm³/mol. The van der Waals surface area contributed by atoms with Gasteiger partial charge in [0, 0.05) is 22.0 Å². The third-order valence-corrected chi connectivity index (χ3v) is 2.93. The predicted octanol–water partition coefficient (Wildman–Crippen LogP) is 1.07. The lowest BCUT2D eigenvalue weighted by atomic mass is 10.1. The zero-order chi connectivity index (χ0) is 11.4. The normalized spacial score (nSPS) is 10.3. The molecule has 1 aromatic heterocycles. The van der Waals surface area contributed by atoms with Gasteiger partial charge < -0.3 is 10.8 Å². The lowest BCUT2D eigenvalue weighted by Gasteiger charge is -2.10. The lowest BCUT2D eigenvalue weighted by molar-refractivity contribution is 0.322. The molecule has 4 nitrogen and oxygen atoms in total. The SMILES string of the molecule is Cc1cc(SCCO)c(C(=N)N)c(C)n1. The van der Waals surface area contributed by atoms with Gasteiger partial charge in [0.05, 0.1) is 12.2 Å². The summed E-state index contributed by atoms with van der Waals surface area (Å²) >= 11 is 1.49. The number of nitrogens with one attached hydrogen (secondary N) is 1. The van der Waals surface area contributed by atoms with Crippen molar-refractivity contribution in [1.82, 2.24) is 4.98 Å². The highest BCUT2D eigenvalue weighted by molar-refractivity contribution is 7.99. The summed E-state index contributed by atoms with van der Waals surface area (Å²) in [5, 5.41) is 16.3. The van der Waals surface area contributed by atoms with Crippen molar-refractivity contribution in [2.24, 2.45) is 5.73 Å². The van der Waals surface area contributed by atoms with Crippen LogP contribution in [0.25, 0.3) is 0 Å². The molecule has 0 unspecified atom stereocenters. The zero-order valence-corrected chi connectivity index (χ0v) is 9.69. The van der Waals surface area contributed by atoms with Crippen LogP contribution in [0.3, 0.4) is 0 Å². The average Bonchev–Trinajstić information content (AvgIpc) is 2.12. The number of hydrogen-bond acceptors (Lipinski definition) is 4. The number of nitrogens with zero attached hydrogens (tertiary/aromatic N) is 1. The highest BCUT2D eigenvalue weighted by atomic mass is 32.2. The van der Waals surface area contributed by atoms with Crippen molar-refractivity contribution in [2.75, 3.05) is 12.4 Å². The van der Waals surface area contributed by atoms with Gasteiger partial charge in [-0.2, -0.15) is 0 Å². The summed E-state index contributed by atoms with van der Waals surface area (Å²) in [6.45, 7) is 3.86. The molecule has 1 rings (SSSR count). The Morgan fingerprint density at radius 2 is 2.27 bits per heavy atom. The molecular weight excluding hydrogens is 210 g/mol. The Morgan fingerprint density at radius 1 is 1.60 bits per heavy atom. The number of nitrogens with two attached hydrogens (primary N) is 1. The molecule has 0 aromatic carbocycles. The van der Waals surface area contributed by atoms with Crippen LogP contribution in [0.4, 0.5) is 0 Å². The molecule has 0 saturated heterocycles. The van der Waals surface area contributed by atoms with Crippen LogP contribution >= 0.6 is 11.8 Å². The molecule has 0 bridgehead atoms. The van der Waals surface area contributed by atoms with E-state index in [9.17, 15) is 0 Å². The van der Waals surface area contributed by atoms with Crippen molar-refractivity contribution in [3.05, 3.63) is 23.0 Å².